The van der Waals surface area contributed by atoms with E-state index in [1.165, 1.54) is 19.1 Å². The van der Waals surface area contributed by atoms with E-state index in [1.807, 2.05) is 0 Å². The fourth-order valence-electron chi connectivity index (χ4n) is 2.18. The third-order valence-electron chi connectivity index (χ3n) is 3.33. The van der Waals surface area contributed by atoms with Crippen LogP contribution in [0, 0.1) is 0 Å². The molecule has 0 bridgehead atoms. The van der Waals surface area contributed by atoms with E-state index in [-0.39, 0.29) is 4.90 Å². The number of hydrogen-bond acceptors (Lipinski definition) is 5. The third kappa shape index (κ3) is 3.91. The van der Waals surface area contributed by atoms with Crippen LogP contribution in [0.2, 0.25) is 0 Å². The van der Waals surface area contributed by atoms with Gasteiger partial charge in [0.2, 0.25) is 0 Å². The van der Waals surface area contributed by atoms with Gasteiger partial charge < -0.3 is 5.32 Å². The van der Waals surface area contributed by atoms with Gasteiger partial charge in [0.1, 0.15) is 10.7 Å². The molecule has 0 unspecified atom stereocenters. The molecule has 6 heteroatoms. The first kappa shape index (κ1) is 14.3. The lowest BCUT2D eigenvalue weighted by Gasteiger charge is -2.20. The predicted molar refractivity (Wildman–Crippen MR) is 76.1 cm³/mol. The molecule has 1 aliphatic carbocycles. The molecule has 0 spiro atoms. The second-order valence-corrected chi connectivity index (χ2v) is 6.89. The Morgan fingerprint density at radius 3 is 2.79 bits per heavy atom. The average Bonchev–Trinajstić information content (AvgIpc) is 3.18. The summed E-state index contributed by atoms with van der Waals surface area (Å²) in [6, 6.07) is 3.96. The number of nitrogens with one attached hydrogen (secondary N) is 1. The maximum Gasteiger partial charge on any atom is 0.179 e. The second kappa shape index (κ2) is 5.88. The smallest absolute Gasteiger partial charge is 0.179 e. The summed E-state index contributed by atoms with van der Waals surface area (Å²) >= 11 is 0. The molecule has 19 heavy (non-hydrogen) atoms. The Labute approximate surface area is 114 Å². The van der Waals surface area contributed by atoms with Gasteiger partial charge in [-0.2, -0.15) is 0 Å². The van der Waals surface area contributed by atoms with Gasteiger partial charge in [0, 0.05) is 31.6 Å². The van der Waals surface area contributed by atoms with Gasteiger partial charge in [-0.1, -0.05) is 6.92 Å². The van der Waals surface area contributed by atoms with Gasteiger partial charge >= 0.3 is 0 Å². The van der Waals surface area contributed by atoms with Crippen molar-refractivity contribution in [3.8, 4) is 0 Å². The van der Waals surface area contributed by atoms with Crippen LogP contribution in [0.15, 0.2) is 23.2 Å². The molecule has 1 N–H and O–H groups in total. The number of nitrogens with zero attached hydrogens (tertiary/aromatic N) is 2. The maximum atomic E-state index is 11.6. The van der Waals surface area contributed by atoms with Crippen molar-refractivity contribution in [3.63, 3.8) is 0 Å². The molecule has 0 saturated heterocycles. The second-order valence-electron chi connectivity index (χ2n) is 4.91. The van der Waals surface area contributed by atoms with E-state index in [9.17, 15) is 8.42 Å². The molecule has 0 amide bonds. The fraction of sp³-hybridized carbons (Fsp3) is 0.615. The zero-order valence-electron chi connectivity index (χ0n) is 11.5. The standard InChI is InChI=1S/C13H21N3O2S/c1-3-16(11-6-7-11)10-9-15-13-12(19(2,17)18)5-4-8-14-13/h4-5,8,11H,3,6-7,9-10H2,1-2H3,(H,14,15). The van der Waals surface area contributed by atoms with Gasteiger partial charge in [-0.05, 0) is 31.5 Å². The minimum Gasteiger partial charge on any atom is -0.368 e. The highest BCUT2D eigenvalue weighted by molar-refractivity contribution is 7.90. The summed E-state index contributed by atoms with van der Waals surface area (Å²) in [6.07, 6.45) is 5.38. The first-order chi connectivity index (χ1) is 9.02. The van der Waals surface area contributed by atoms with Crippen LogP contribution in [0.1, 0.15) is 19.8 Å². The molecular weight excluding hydrogens is 262 g/mol. The molecule has 1 aromatic heterocycles. The Morgan fingerprint density at radius 2 is 2.21 bits per heavy atom. The summed E-state index contributed by atoms with van der Waals surface area (Å²) in [5.41, 5.74) is 0. The van der Waals surface area contributed by atoms with E-state index in [2.05, 4.69) is 22.1 Å². The predicted octanol–water partition coefficient (Wildman–Crippen LogP) is 1.38. The van der Waals surface area contributed by atoms with Crippen LogP contribution in [0.3, 0.4) is 0 Å². The summed E-state index contributed by atoms with van der Waals surface area (Å²) in [5.74, 6) is 0.455. The topological polar surface area (TPSA) is 62.3 Å². The highest BCUT2D eigenvalue weighted by Gasteiger charge is 2.27. The summed E-state index contributed by atoms with van der Waals surface area (Å²) in [6.45, 7) is 4.82. The van der Waals surface area contributed by atoms with E-state index in [4.69, 9.17) is 0 Å². The number of likely N-dealkylation sites (N-methyl/N-ethyl adjacent to an activating group) is 1. The maximum absolute atomic E-state index is 11.6. The summed E-state index contributed by atoms with van der Waals surface area (Å²) < 4.78 is 23.3. The summed E-state index contributed by atoms with van der Waals surface area (Å²) in [4.78, 5) is 6.80. The van der Waals surface area contributed by atoms with Gasteiger partial charge in [-0.3, -0.25) is 4.90 Å². The van der Waals surface area contributed by atoms with Gasteiger partial charge in [-0.25, -0.2) is 13.4 Å². The first-order valence-electron chi connectivity index (χ1n) is 6.65. The van der Waals surface area contributed by atoms with Crippen molar-refractivity contribution in [1.29, 1.82) is 0 Å². The molecule has 2 rings (SSSR count). The van der Waals surface area contributed by atoms with Crippen LogP contribution in [0.4, 0.5) is 5.82 Å². The number of sulfone groups is 1. The molecule has 1 heterocycles. The van der Waals surface area contributed by atoms with Crippen molar-refractivity contribution in [3.05, 3.63) is 18.3 Å². The zero-order valence-corrected chi connectivity index (χ0v) is 12.3. The number of hydrogen-bond donors (Lipinski definition) is 1. The minimum absolute atomic E-state index is 0.268. The van der Waals surface area contributed by atoms with Crippen LogP contribution in [0.5, 0.6) is 0 Å². The lowest BCUT2D eigenvalue weighted by Crippen LogP contribution is -2.31. The lowest BCUT2D eigenvalue weighted by molar-refractivity contribution is 0.289. The van der Waals surface area contributed by atoms with Crippen molar-refractivity contribution in [2.24, 2.45) is 0 Å². The molecule has 1 aromatic rings. The number of rotatable bonds is 7. The van der Waals surface area contributed by atoms with Crippen molar-refractivity contribution >= 4 is 15.7 Å². The summed E-state index contributed by atoms with van der Waals surface area (Å²) in [5, 5.41) is 3.14. The van der Waals surface area contributed by atoms with Crippen LogP contribution in [-0.4, -0.2) is 50.2 Å². The van der Waals surface area contributed by atoms with E-state index in [0.29, 0.717) is 12.4 Å². The number of aromatic nitrogens is 1. The molecule has 0 aliphatic heterocycles. The zero-order chi connectivity index (χ0) is 13.9. The van der Waals surface area contributed by atoms with Crippen molar-refractivity contribution < 1.29 is 8.42 Å². The van der Waals surface area contributed by atoms with Crippen molar-refractivity contribution in [1.82, 2.24) is 9.88 Å². The fourth-order valence-corrected chi connectivity index (χ4v) is 2.98. The van der Waals surface area contributed by atoms with Gasteiger partial charge in [0.15, 0.2) is 9.84 Å². The SMILES string of the molecule is CCN(CCNc1ncccc1S(C)(=O)=O)C1CC1. The van der Waals surface area contributed by atoms with E-state index < -0.39 is 9.84 Å². The molecule has 106 valence electrons. The normalized spacial score (nSPS) is 15.7. The van der Waals surface area contributed by atoms with E-state index in [0.717, 1.165) is 19.1 Å². The van der Waals surface area contributed by atoms with Gasteiger partial charge in [0.25, 0.3) is 0 Å². The van der Waals surface area contributed by atoms with Crippen LogP contribution in [-0.2, 0) is 9.84 Å². The third-order valence-corrected chi connectivity index (χ3v) is 4.46. The minimum atomic E-state index is -3.23. The molecule has 1 aliphatic rings. The number of anilines is 1. The molecule has 1 fully saturated rings. The van der Waals surface area contributed by atoms with E-state index >= 15 is 0 Å². The largest absolute Gasteiger partial charge is 0.368 e. The Kier molecular flexibility index (Phi) is 4.42. The quantitative estimate of drug-likeness (QED) is 0.819. The monoisotopic (exact) mass is 283 g/mol. The van der Waals surface area contributed by atoms with Gasteiger partial charge in [0.05, 0.1) is 0 Å². The molecular formula is C13H21N3O2S. The first-order valence-corrected chi connectivity index (χ1v) is 8.54. The van der Waals surface area contributed by atoms with Gasteiger partial charge in [-0.15, -0.1) is 0 Å². The Hall–Kier alpha value is -1.14. The molecule has 5 nitrogen and oxygen atoms in total. The van der Waals surface area contributed by atoms with Crippen molar-refractivity contribution in [2.75, 3.05) is 31.2 Å². The highest BCUT2D eigenvalue weighted by Crippen LogP contribution is 2.26. The van der Waals surface area contributed by atoms with E-state index in [1.54, 1.807) is 18.3 Å². The Balaban J connectivity index is 1.96. The average molecular weight is 283 g/mol. The Morgan fingerprint density at radius 1 is 1.47 bits per heavy atom. The highest BCUT2D eigenvalue weighted by atomic mass is 32.2. The molecule has 1 saturated carbocycles. The number of pyridine rings is 1. The van der Waals surface area contributed by atoms with Crippen LogP contribution < -0.4 is 5.32 Å². The molecule has 0 aromatic carbocycles. The van der Waals surface area contributed by atoms with Crippen molar-refractivity contribution in [2.45, 2.75) is 30.7 Å². The van der Waals surface area contributed by atoms with Crippen LogP contribution in [0.25, 0.3) is 0 Å². The van der Waals surface area contributed by atoms with Crippen LogP contribution >= 0.6 is 0 Å². The molecule has 0 atom stereocenters. The summed E-state index contributed by atoms with van der Waals surface area (Å²) in [7, 11) is -3.23. The lowest BCUT2D eigenvalue weighted by atomic mass is 10.4. The molecule has 0 radical (unpaired) electrons. The Bertz CT molecular complexity index is 526.